The Kier molecular flexibility index (Phi) is 10.0. The Labute approximate surface area is 154 Å². The van der Waals surface area contributed by atoms with E-state index in [4.69, 9.17) is 0 Å². The maximum atomic E-state index is 10.4. The average molecular weight is 351 g/mol. The Hall–Kier alpha value is -1.14. The van der Waals surface area contributed by atoms with Crippen LogP contribution in [0.5, 0.6) is 5.75 Å². The highest BCUT2D eigenvalue weighted by atomic mass is 16.3. The second kappa shape index (κ2) is 11.5. The van der Waals surface area contributed by atoms with Gasteiger partial charge in [-0.15, -0.1) is 0 Å². The van der Waals surface area contributed by atoms with Crippen molar-refractivity contribution in [1.82, 2.24) is 20.0 Å². The summed E-state index contributed by atoms with van der Waals surface area (Å²) in [5, 5.41) is 13.7. The van der Waals surface area contributed by atoms with Gasteiger partial charge in [0.2, 0.25) is 0 Å². The SMILES string of the molecule is C1CCNCC1.CN(C)Cc1cc(CN(C)C)c(O)c(CN(C)C)c1. The van der Waals surface area contributed by atoms with E-state index in [1.165, 1.54) is 37.9 Å². The third kappa shape index (κ3) is 9.21. The van der Waals surface area contributed by atoms with E-state index in [2.05, 4.69) is 46.2 Å². The van der Waals surface area contributed by atoms with E-state index in [-0.39, 0.29) is 0 Å². The molecule has 1 saturated heterocycles. The van der Waals surface area contributed by atoms with Gasteiger partial charge in [0.05, 0.1) is 0 Å². The number of benzene rings is 1. The first-order valence-electron chi connectivity index (χ1n) is 9.28. The molecule has 0 aromatic heterocycles. The van der Waals surface area contributed by atoms with E-state index in [1.54, 1.807) is 0 Å². The van der Waals surface area contributed by atoms with Crippen LogP contribution in [0.1, 0.15) is 36.0 Å². The zero-order valence-corrected chi connectivity index (χ0v) is 17.1. The summed E-state index contributed by atoms with van der Waals surface area (Å²) in [6, 6.07) is 4.21. The van der Waals surface area contributed by atoms with Gasteiger partial charge in [-0.05, 0) is 85.9 Å². The van der Waals surface area contributed by atoms with Crippen molar-refractivity contribution in [2.24, 2.45) is 0 Å². The van der Waals surface area contributed by atoms with Gasteiger partial charge in [0, 0.05) is 30.8 Å². The van der Waals surface area contributed by atoms with E-state index in [1.807, 2.05) is 28.2 Å². The first-order valence-corrected chi connectivity index (χ1v) is 9.28. The van der Waals surface area contributed by atoms with Crippen LogP contribution in [0, 0.1) is 0 Å². The molecule has 5 heteroatoms. The van der Waals surface area contributed by atoms with Gasteiger partial charge in [0.1, 0.15) is 5.75 Å². The first-order chi connectivity index (χ1) is 11.8. The Bertz CT molecular complexity index is 454. The van der Waals surface area contributed by atoms with Crippen molar-refractivity contribution < 1.29 is 5.11 Å². The molecule has 0 radical (unpaired) electrons. The van der Waals surface area contributed by atoms with Crippen molar-refractivity contribution in [1.29, 1.82) is 0 Å². The molecule has 1 aliphatic rings. The third-order valence-electron chi connectivity index (χ3n) is 4.01. The van der Waals surface area contributed by atoms with Crippen molar-refractivity contribution >= 4 is 0 Å². The number of nitrogens with one attached hydrogen (secondary N) is 1. The van der Waals surface area contributed by atoms with Crippen LogP contribution < -0.4 is 5.32 Å². The Morgan fingerprint density at radius 3 is 1.48 bits per heavy atom. The summed E-state index contributed by atoms with van der Waals surface area (Å²) in [4.78, 5) is 6.30. The van der Waals surface area contributed by atoms with Gasteiger partial charge in [-0.2, -0.15) is 0 Å². The van der Waals surface area contributed by atoms with Gasteiger partial charge < -0.3 is 25.1 Å². The van der Waals surface area contributed by atoms with Crippen LogP contribution in [-0.4, -0.2) is 75.2 Å². The number of nitrogens with zero attached hydrogens (tertiary/aromatic N) is 3. The topological polar surface area (TPSA) is 42.0 Å². The largest absolute Gasteiger partial charge is 0.507 e. The van der Waals surface area contributed by atoms with E-state index in [0.717, 1.165) is 30.8 Å². The van der Waals surface area contributed by atoms with Crippen LogP contribution in [0.3, 0.4) is 0 Å². The molecule has 0 spiro atoms. The highest BCUT2D eigenvalue weighted by molar-refractivity contribution is 5.44. The van der Waals surface area contributed by atoms with Gasteiger partial charge in [-0.1, -0.05) is 6.42 Å². The highest BCUT2D eigenvalue weighted by Crippen LogP contribution is 2.27. The van der Waals surface area contributed by atoms with Crippen LogP contribution in [0.4, 0.5) is 0 Å². The quantitative estimate of drug-likeness (QED) is 0.824. The van der Waals surface area contributed by atoms with Gasteiger partial charge >= 0.3 is 0 Å². The standard InChI is InChI=1S/C15H27N3O.C5H11N/c1-16(2)9-12-7-13(10-17(3)4)15(19)14(8-12)11-18(5)6;1-2-4-6-5-3-1/h7-8,19H,9-11H2,1-6H3;6H,1-5H2. The van der Waals surface area contributed by atoms with Crippen LogP contribution in [-0.2, 0) is 19.6 Å². The number of rotatable bonds is 6. The average Bonchev–Trinajstić information content (AvgIpc) is 2.52. The lowest BCUT2D eigenvalue weighted by atomic mass is 10.0. The molecule has 0 unspecified atom stereocenters. The number of phenols is 1. The second-order valence-electron chi connectivity index (χ2n) is 7.79. The molecule has 5 nitrogen and oxygen atoms in total. The molecule has 1 aromatic carbocycles. The Morgan fingerprint density at radius 1 is 0.760 bits per heavy atom. The Balaban J connectivity index is 0.000000435. The number of hydrogen-bond donors (Lipinski definition) is 2. The molecule has 1 aromatic rings. The van der Waals surface area contributed by atoms with Crippen molar-refractivity contribution in [3.63, 3.8) is 0 Å². The minimum atomic E-state index is 0.435. The molecule has 1 fully saturated rings. The highest BCUT2D eigenvalue weighted by Gasteiger charge is 2.12. The van der Waals surface area contributed by atoms with Crippen molar-refractivity contribution in [3.8, 4) is 5.75 Å². The zero-order valence-electron chi connectivity index (χ0n) is 17.1. The number of phenolic OH excluding ortho intramolecular Hbond substituents is 1. The summed E-state index contributed by atoms with van der Waals surface area (Å²) in [7, 11) is 12.2. The van der Waals surface area contributed by atoms with Gasteiger partial charge in [-0.3, -0.25) is 0 Å². The molecular weight excluding hydrogens is 312 g/mol. The van der Waals surface area contributed by atoms with E-state index in [0.29, 0.717) is 5.75 Å². The molecule has 0 bridgehead atoms. The summed E-state index contributed by atoms with van der Waals surface area (Å²) >= 11 is 0. The molecule has 0 atom stereocenters. The Morgan fingerprint density at radius 2 is 1.20 bits per heavy atom. The van der Waals surface area contributed by atoms with E-state index >= 15 is 0 Å². The second-order valence-corrected chi connectivity index (χ2v) is 7.79. The predicted octanol–water partition coefficient (Wildman–Crippen LogP) is 2.34. The van der Waals surface area contributed by atoms with Gasteiger partial charge in [-0.25, -0.2) is 0 Å². The van der Waals surface area contributed by atoms with Crippen LogP contribution in [0.2, 0.25) is 0 Å². The predicted molar refractivity (Wildman–Crippen MR) is 107 cm³/mol. The summed E-state index contributed by atoms with van der Waals surface area (Å²) in [5.41, 5.74) is 3.25. The minimum absolute atomic E-state index is 0.435. The van der Waals surface area contributed by atoms with Gasteiger partial charge in [0.25, 0.3) is 0 Å². The van der Waals surface area contributed by atoms with Crippen LogP contribution in [0.15, 0.2) is 12.1 Å². The molecule has 144 valence electrons. The molecule has 1 aliphatic heterocycles. The van der Waals surface area contributed by atoms with E-state index < -0.39 is 0 Å². The molecule has 0 aliphatic carbocycles. The molecule has 25 heavy (non-hydrogen) atoms. The number of piperidine rings is 1. The monoisotopic (exact) mass is 350 g/mol. The first kappa shape index (κ1) is 21.9. The molecule has 1 heterocycles. The fourth-order valence-corrected chi connectivity index (χ4v) is 3.01. The third-order valence-corrected chi connectivity index (χ3v) is 4.01. The van der Waals surface area contributed by atoms with Crippen LogP contribution >= 0.6 is 0 Å². The normalized spacial score (nSPS) is 14.8. The zero-order chi connectivity index (χ0) is 18.8. The maximum absolute atomic E-state index is 10.4. The lowest BCUT2D eigenvalue weighted by molar-refractivity contribution is 0.365. The summed E-state index contributed by atoms with van der Waals surface area (Å²) in [5.74, 6) is 0.435. The number of aromatic hydroxyl groups is 1. The van der Waals surface area contributed by atoms with Crippen LogP contribution in [0.25, 0.3) is 0 Å². The summed E-state index contributed by atoms with van der Waals surface area (Å²) in [6.45, 7) is 4.90. The lowest BCUT2D eigenvalue weighted by Crippen LogP contribution is -2.21. The molecule has 2 rings (SSSR count). The van der Waals surface area contributed by atoms with Gasteiger partial charge in [0.15, 0.2) is 0 Å². The van der Waals surface area contributed by atoms with Crippen molar-refractivity contribution in [2.75, 3.05) is 55.4 Å². The maximum Gasteiger partial charge on any atom is 0.124 e. The summed E-state index contributed by atoms with van der Waals surface area (Å²) in [6.07, 6.45) is 4.22. The lowest BCUT2D eigenvalue weighted by Gasteiger charge is -2.19. The molecule has 0 amide bonds. The smallest absolute Gasteiger partial charge is 0.124 e. The van der Waals surface area contributed by atoms with Crippen molar-refractivity contribution in [2.45, 2.75) is 38.9 Å². The molecular formula is C20H38N4O. The molecule has 0 saturated carbocycles. The summed E-state index contributed by atoms with van der Waals surface area (Å²) < 4.78 is 0. The molecule has 2 N–H and O–H groups in total. The number of hydrogen-bond acceptors (Lipinski definition) is 5. The fourth-order valence-electron chi connectivity index (χ4n) is 3.01. The fraction of sp³-hybridized carbons (Fsp3) is 0.700. The van der Waals surface area contributed by atoms with Crippen molar-refractivity contribution in [3.05, 3.63) is 28.8 Å². The minimum Gasteiger partial charge on any atom is -0.507 e. The van der Waals surface area contributed by atoms with E-state index in [9.17, 15) is 5.11 Å².